The maximum atomic E-state index is 12.3. The molecule has 19 heavy (non-hydrogen) atoms. The average molecular weight is 360 g/mol. The van der Waals surface area contributed by atoms with Crippen LogP contribution in [0.2, 0.25) is 0 Å². The highest BCUT2D eigenvalue weighted by molar-refractivity contribution is 9.10. The van der Waals surface area contributed by atoms with E-state index in [-0.39, 0.29) is 10.9 Å². The van der Waals surface area contributed by atoms with E-state index >= 15 is 0 Å². The van der Waals surface area contributed by atoms with Gasteiger partial charge in [0.05, 0.1) is 10.9 Å². The van der Waals surface area contributed by atoms with Gasteiger partial charge < -0.3 is 0 Å². The highest BCUT2D eigenvalue weighted by atomic mass is 79.9. The molecule has 1 unspecified atom stereocenters. The maximum absolute atomic E-state index is 12.3. The molecule has 1 heterocycles. The second kappa shape index (κ2) is 5.75. The first-order chi connectivity index (χ1) is 8.90. The van der Waals surface area contributed by atoms with Crippen molar-refractivity contribution in [1.29, 1.82) is 0 Å². The molecule has 0 aliphatic carbocycles. The summed E-state index contributed by atoms with van der Waals surface area (Å²) in [7, 11) is -3.52. The topological polar surface area (TPSA) is 46.2 Å². The molecule has 0 fully saturated rings. The van der Waals surface area contributed by atoms with E-state index in [9.17, 15) is 8.42 Å². The highest BCUT2D eigenvalue weighted by Gasteiger charge is 2.21. The lowest BCUT2D eigenvalue weighted by Crippen LogP contribution is -2.26. The highest BCUT2D eigenvalue weighted by Crippen LogP contribution is 2.26. The van der Waals surface area contributed by atoms with Crippen molar-refractivity contribution in [2.24, 2.45) is 0 Å². The lowest BCUT2D eigenvalue weighted by atomic mass is 10.2. The maximum Gasteiger partial charge on any atom is 0.242 e. The zero-order chi connectivity index (χ0) is 14.0. The van der Waals surface area contributed by atoms with E-state index in [0.29, 0.717) is 4.47 Å². The molecule has 1 aromatic heterocycles. The third-order valence-electron chi connectivity index (χ3n) is 2.68. The first-order valence-electron chi connectivity index (χ1n) is 5.72. The molecule has 1 N–H and O–H groups in total. The van der Waals surface area contributed by atoms with Gasteiger partial charge in [0.2, 0.25) is 10.0 Å². The summed E-state index contributed by atoms with van der Waals surface area (Å²) < 4.78 is 27.9. The van der Waals surface area contributed by atoms with Crippen molar-refractivity contribution in [1.82, 2.24) is 4.72 Å². The Bertz CT molecular complexity index is 666. The molecule has 2 aromatic rings. The fourth-order valence-electron chi connectivity index (χ4n) is 1.72. The predicted molar refractivity (Wildman–Crippen MR) is 81.9 cm³/mol. The summed E-state index contributed by atoms with van der Waals surface area (Å²) in [5.74, 6) is 0. The molecule has 102 valence electrons. The first-order valence-corrected chi connectivity index (χ1v) is 8.87. The molecule has 3 nitrogen and oxygen atoms in total. The van der Waals surface area contributed by atoms with Crippen molar-refractivity contribution in [2.75, 3.05) is 0 Å². The van der Waals surface area contributed by atoms with Crippen LogP contribution in [0.4, 0.5) is 0 Å². The Morgan fingerprint density at radius 1 is 1.32 bits per heavy atom. The third kappa shape index (κ3) is 3.45. The van der Waals surface area contributed by atoms with Crippen LogP contribution in [0.5, 0.6) is 0 Å². The van der Waals surface area contributed by atoms with Crippen molar-refractivity contribution in [3.8, 4) is 0 Å². The number of hydrogen-bond donors (Lipinski definition) is 1. The summed E-state index contributed by atoms with van der Waals surface area (Å²) in [6.45, 7) is 3.76. The van der Waals surface area contributed by atoms with Crippen molar-refractivity contribution in [2.45, 2.75) is 24.8 Å². The number of aryl methyl sites for hydroxylation is 1. The molecule has 0 spiro atoms. The van der Waals surface area contributed by atoms with Crippen molar-refractivity contribution < 1.29 is 8.42 Å². The minimum absolute atomic E-state index is 0.238. The van der Waals surface area contributed by atoms with Gasteiger partial charge in [0.1, 0.15) is 0 Å². The number of hydrogen-bond acceptors (Lipinski definition) is 3. The van der Waals surface area contributed by atoms with Crippen LogP contribution in [-0.2, 0) is 10.0 Å². The van der Waals surface area contributed by atoms with Gasteiger partial charge in [0.15, 0.2) is 0 Å². The molecule has 6 heteroatoms. The normalized spacial score (nSPS) is 13.4. The van der Waals surface area contributed by atoms with E-state index < -0.39 is 10.0 Å². The number of thiophene rings is 1. The monoisotopic (exact) mass is 359 g/mol. The molecule has 0 saturated carbocycles. The van der Waals surface area contributed by atoms with E-state index in [1.54, 1.807) is 18.2 Å². The largest absolute Gasteiger partial charge is 0.242 e. The fourth-order valence-corrected chi connectivity index (χ4v) is 4.94. The van der Waals surface area contributed by atoms with Gasteiger partial charge in [-0.25, -0.2) is 13.1 Å². The molecule has 0 radical (unpaired) electrons. The van der Waals surface area contributed by atoms with Crippen LogP contribution in [0.15, 0.2) is 45.1 Å². The van der Waals surface area contributed by atoms with Crippen LogP contribution in [0.3, 0.4) is 0 Å². The lowest BCUT2D eigenvalue weighted by molar-refractivity contribution is 0.568. The third-order valence-corrected chi connectivity index (χ3v) is 6.25. The van der Waals surface area contributed by atoms with Crippen LogP contribution < -0.4 is 4.72 Å². The van der Waals surface area contributed by atoms with Gasteiger partial charge in [0.25, 0.3) is 0 Å². The van der Waals surface area contributed by atoms with E-state index in [1.807, 2.05) is 31.4 Å². The van der Waals surface area contributed by atoms with E-state index in [2.05, 4.69) is 20.7 Å². The van der Waals surface area contributed by atoms with Crippen LogP contribution in [0, 0.1) is 6.92 Å². The van der Waals surface area contributed by atoms with Crippen molar-refractivity contribution in [3.63, 3.8) is 0 Å². The zero-order valence-corrected chi connectivity index (χ0v) is 13.8. The molecule has 0 aliphatic heterocycles. The quantitative estimate of drug-likeness (QED) is 0.900. The SMILES string of the molecule is Cc1ccc(S(=O)(=O)NC(C)c2cccs2)c(Br)c1. The van der Waals surface area contributed by atoms with Gasteiger partial charge in [-0.05, 0) is 58.9 Å². The zero-order valence-electron chi connectivity index (χ0n) is 10.6. The van der Waals surface area contributed by atoms with Gasteiger partial charge in [0, 0.05) is 9.35 Å². The minimum Gasteiger partial charge on any atom is -0.207 e. The van der Waals surface area contributed by atoms with Gasteiger partial charge in [-0.15, -0.1) is 11.3 Å². The number of nitrogens with one attached hydrogen (secondary N) is 1. The number of benzene rings is 1. The van der Waals surface area contributed by atoms with Crippen molar-refractivity contribution in [3.05, 3.63) is 50.6 Å². The number of sulfonamides is 1. The Labute approximate surface area is 125 Å². The van der Waals surface area contributed by atoms with Crippen LogP contribution >= 0.6 is 27.3 Å². The summed E-state index contributed by atoms with van der Waals surface area (Å²) >= 11 is 4.84. The van der Waals surface area contributed by atoms with Crippen LogP contribution in [0.1, 0.15) is 23.4 Å². The lowest BCUT2D eigenvalue weighted by Gasteiger charge is -2.14. The molecule has 1 aromatic carbocycles. The molecule has 0 saturated heterocycles. The summed E-state index contributed by atoms with van der Waals surface area (Å²) in [5.41, 5.74) is 1.01. The smallest absolute Gasteiger partial charge is 0.207 e. The Balaban J connectivity index is 2.28. The second-order valence-electron chi connectivity index (χ2n) is 4.29. The van der Waals surface area contributed by atoms with E-state index in [4.69, 9.17) is 0 Å². The van der Waals surface area contributed by atoms with Gasteiger partial charge in [-0.3, -0.25) is 0 Å². The van der Waals surface area contributed by atoms with Gasteiger partial charge in [-0.1, -0.05) is 12.1 Å². The van der Waals surface area contributed by atoms with E-state index in [0.717, 1.165) is 10.4 Å². The minimum atomic E-state index is -3.52. The summed E-state index contributed by atoms with van der Waals surface area (Å²) in [5, 5.41) is 1.93. The molecular weight excluding hydrogens is 346 g/mol. The summed E-state index contributed by atoms with van der Waals surface area (Å²) in [6.07, 6.45) is 0. The Morgan fingerprint density at radius 2 is 2.05 bits per heavy atom. The Kier molecular flexibility index (Phi) is 4.45. The van der Waals surface area contributed by atoms with Crippen LogP contribution in [-0.4, -0.2) is 8.42 Å². The molecular formula is C13H14BrNO2S2. The summed E-state index contributed by atoms with van der Waals surface area (Å²) in [6, 6.07) is 8.79. The number of rotatable bonds is 4. The predicted octanol–water partition coefficient (Wildman–Crippen LogP) is 3.86. The second-order valence-corrected chi connectivity index (χ2v) is 7.81. The molecule has 0 aliphatic rings. The molecule has 2 rings (SSSR count). The first kappa shape index (κ1) is 14.7. The van der Waals surface area contributed by atoms with Gasteiger partial charge >= 0.3 is 0 Å². The Hall–Kier alpha value is -0.690. The van der Waals surface area contributed by atoms with E-state index in [1.165, 1.54) is 11.3 Å². The van der Waals surface area contributed by atoms with Gasteiger partial charge in [-0.2, -0.15) is 0 Å². The fraction of sp³-hybridized carbons (Fsp3) is 0.231. The Morgan fingerprint density at radius 3 is 2.63 bits per heavy atom. The molecule has 0 bridgehead atoms. The van der Waals surface area contributed by atoms with Crippen LogP contribution in [0.25, 0.3) is 0 Å². The number of halogens is 1. The van der Waals surface area contributed by atoms with Crippen molar-refractivity contribution >= 4 is 37.3 Å². The molecule has 0 amide bonds. The molecule has 1 atom stereocenters. The average Bonchev–Trinajstić information content (AvgIpc) is 2.80. The summed E-state index contributed by atoms with van der Waals surface area (Å²) in [4.78, 5) is 1.26. The standard InChI is InChI=1S/C13H14BrNO2S2/c1-9-5-6-13(11(14)8-9)19(16,17)15-10(2)12-4-3-7-18-12/h3-8,10,15H,1-2H3.